The molecule has 1 fully saturated rings. The van der Waals surface area contributed by atoms with Gasteiger partial charge in [0.15, 0.2) is 0 Å². The van der Waals surface area contributed by atoms with E-state index in [9.17, 15) is 4.79 Å². The van der Waals surface area contributed by atoms with Crippen LogP contribution in [0.25, 0.3) is 0 Å². The molecular formula is C7H14INO2S. The summed E-state index contributed by atoms with van der Waals surface area (Å²) in [6, 6.07) is 0. The zero-order valence-electron chi connectivity index (χ0n) is 7.29. The Bertz CT molecular complexity index is 177. The van der Waals surface area contributed by atoms with Crippen LogP contribution in [0.15, 0.2) is 0 Å². The van der Waals surface area contributed by atoms with Crippen LogP contribution in [0.1, 0.15) is 13.8 Å². The number of halogens is 1. The predicted octanol–water partition coefficient (Wildman–Crippen LogP) is 1.52. The van der Waals surface area contributed by atoms with Crippen molar-refractivity contribution in [3.05, 3.63) is 0 Å². The summed E-state index contributed by atoms with van der Waals surface area (Å²) < 4.78 is 6.79. The Morgan fingerprint density at radius 3 is 2.92 bits per heavy atom. The van der Waals surface area contributed by atoms with Gasteiger partial charge in [-0.05, 0) is 0 Å². The summed E-state index contributed by atoms with van der Waals surface area (Å²) in [6.07, 6.45) is 0. The number of hydrogen-bond acceptors (Lipinski definition) is 3. The summed E-state index contributed by atoms with van der Waals surface area (Å²) >= 11 is 2.94. The van der Waals surface area contributed by atoms with E-state index in [4.69, 9.17) is 3.07 Å². The molecule has 1 rings (SSSR count). The Labute approximate surface area is 86.2 Å². The third-order valence-electron chi connectivity index (χ3n) is 1.64. The summed E-state index contributed by atoms with van der Waals surface area (Å²) in [5.74, 6) is 0.162. The van der Waals surface area contributed by atoms with Crippen LogP contribution in [0, 0.1) is 0 Å². The fraction of sp³-hybridized carbons (Fsp3) is 0.857. The fourth-order valence-corrected chi connectivity index (χ4v) is 5.39. The molecule has 1 aliphatic heterocycles. The van der Waals surface area contributed by atoms with Gasteiger partial charge in [0.1, 0.15) is 0 Å². The molecule has 1 amide bonds. The molecule has 0 aliphatic carbocycles. The number of amides is 1. The molecule has 0 aromatic heterocycles. The van der Waals surface area contributed by atoms with Crippen molar-refractivity contribution in [2.24, 2.45) is 0 Å². The average Bonchev–Trinajstić information content (AvgIpc) is 2.04. The Hall–Kier alpha value is 0.510. The van der Waals surface area contributed by atoms with Gasteiger partial charge in [0.05, 0.1) is 0 Å². The van der Waals surface area contributed by atoms with Gasteiger partial charge >= 0.3 is 86.3 Å². The van der Waals surface area contributed by atoms with Gasteiger partial charge in [0.2, 0.25) is 0 Å². The van der Waals surface area contributed by atoms with Gasteiger partial charge in [-0.25, -0.2) is 0 Å². The number of hydrogen-bond donors (Lipinski definition) is 1. The van der Waals surface area contributed by atoms with Crippen LogP contribution in [0.4, 0.5) is 0 Å². The van der Waals surface area contributed by atoms with Crippen LogP contribution in [0.5, 0.6) is 0 Å². The average molecular weight is 303 g/mol. The molecule has 72 valence electrons. The molecule has 1 heterocycles. The molecule has 0 spiro atoms. The van der Waals surface area contributed by atoms with Gasteiger partial charge in [0.25, 0.3) is 0 Å². The van der Waals surface area contributed by atoms with E-state index < -0.39 is 20.2 Å². The first-order valence-electron chi connectivity index (χ1n) is 3.82. The van der Waals surface area contributed by atoms with E-state index in [2.05, 4.69) is 19.6 Å². The Morgan fingerprint density at radius 2 is 2.42 bits per heavy atom. The van der Waals surface area contributed by atoms with E-state index in [1.807, 2.05) is 4.90 Å². The van der Waals surface area contributed by atoms with E-state index in [1.54, 1.807) is 6.92 Å². The van der Waals surface area contributed by atoms with Crippen LogP contribution < -0.4 is 0 Å². The molecule has 1 atom stereocenters. The van der Waals surface area contributed by atoms with Crippen molar-refractivity contribution in [1.29, 1.82) is 0 Å². The first kappa shape index (κ1) is 10.6. The third-order valence-corrected chi connectivity index (χ3v) is 7.85. The van der Waals surface area contributed by atoms with Gasteiger partial charge in [0, 0.05) is 0 Å². The minimum atomic E-state index is -1.41. The van der Waals surface area contributed by atoms with Crippen molar-refractivity contribution >= 4 is 38.8 Å². The van der Waals surface area contributed by atoms with Crippen LogP contribution >= 0.6 is 32.9 Å². The van der Waals surface area contributed by atoms with Crippen molar-refractivity contribution in [1.82, 2.24) is 4.90 Å². The Morgan fingerprint density at radius 1 is 1.75 bits per heavy atom. The van der Waals surface area contributed by atoms with Gasteiger partial charge in [-0.15, -0.1) is 0 Å². The molecule has 0 radical (unpaired) electrons. The van der Waals surface area contributed by atoms with E-state index in [-0.39, 0.29) is 5.91 Å². The maximum atomic E-state index is 11.0. The molecule has 5 heteroatoms. The standard InChI is InChI=1S/C7H14INO2S/c1-6(12)8-5-9(7(2)10)3-4-11-8/h6,12H,3-5H2,1-2H3. The first-order valence-corrected chi connectivity index (χ1v) is 7.99. The number of thiol groups is 1. The number of nitrogens with zero attached hydrogens (tertiary/aromatic N) is 1. The molecule has 1 unspecified atom stereocenters. The number of carbonyl (C=O) groups is 1. The Kier molecular flexibility index (Phi) is 4.12. The topological polar surface area (TPSA) is 29.5 Å². The fourth-order valence-electron chi connectivity index (χ4n) is 0.913. The molecular weight excluding hydrogens is 289 g/mol. The molecule has 0 bridgehead atoms. The predicted molar refractivity (Wildman–Crippen MR) is 60.7 cm³/mol. The van der Waals surface area contributed by atoms with Gasteiger partial charge < -0.3 is 0 Å². The molecule has 0 aromatic carbocycles. The minimum absolute atomic E-state index is 0.162. The van der Waals surface area contributed by atoms with Crippen LogP contribution in [-0.4, -0.2) is 31.8 Å². The Balaban J connectivity index is 2.46. The van der Waals surface area contributed by atoms with Gasteiger partial charge in [-0.1, -0.05) is 0 Å². The molecule has 0 saturated carbocycles. The molecule has 1 saturated heterocycles. The van der Waals surface area contributed by atoms with Crippen LogP contribution in [-0.2, 0) is 7.86 Å². The van der Waals surface area contributed by atoms with Crippen molar-refractivity contribution < 1.29 is 7.86 Å². The second-order valence-electron chi connectivity index (χ2n) is 2.64. The van der Waals surface area contributed by atoms with Crippen molar-refractivity contribution in [2.75, 3.05) is 17.7 Å². The number of rotatable bonds is 1. The first-order chi connectivity index (χ1) is 5.61. The summed E-state index contributed by atoms with van der Waals surface area (Å²) in [5, 5.41) is 0. The second-order valence-corrected chi connectivity index (χ2v) is 9.59. The maximum absolute atomic E-state index is 11.0. The van der Waals surface area contributed by atoms with Gasteiger partial charge in [-0.2, -0.15) is 0 Å². The molecule has 12 heavy (non-hydrogen) atoms. The number of carbonyl (C=O) groups excluding carboxylic acids is 1. The zero-order valence-corrected chi connectivity index (χ0v) is 10.3. The monoisotopic (exact) mass is 303 g/mol. The molecule has 0 N–H and O–H groups in total. The third kappa shape index (κ3) is 2.77. The summed E-state index contributed by atoms with van der Waals surface area (Å²) in [4.78, 5) is 12.9. The summed E-state index contributed by atoms with van der Waals surface area (Å²) in [6.45, 7) is 5.12. The van der Waals surface area contributed by atoms with E-state index in [0.717, 1.165) is 11.1 Å². The quantitative estimate of drug-likeness (QED) is 0.344. The second kappa shape index (κ2) is 4.66. The number of alkyl halides is 2. The van der Waals surface area contributed by atoms with Gasteiger partial charge in [-0.3, -0.25) is 0 Å². The van der Waals surface area contributed by atoms with E-state index in [1.165, 1.54) is 0 Å². The van der Waals surface area contributed by atoms with E-state index >= 15 is 0 Å². The van der Waals surface area contributed by atoms with Crippen molar-refractivity contribution in [3.8, 4) is 0 Å². The molecule has 3 nitrogen and oxygen atoms in total. The zero-order chi connectivity index (χ0) is 9.14. The molecule has 1 aliphatic rings. The summed E-state index contributed by atoms with van der Waals surface area (Å²) in [7, 11) is 0. The van der Waals surface area contributed by atoms with E-state index in [0.29, 0.717) is 9.86 Å². The van der Waals surface area contributed by atoms with Crippen LogP contribution in [0.2, 0.25) is 0 Å². The molecule has 0 aromatic rings. The summed E-state index contributed by atoms with van der Waals surface area (Å²) in [5.41, 5.74) is 0. The van der Waals surface area contributed by atoms with Crippen molar-refractivity contribution in [3.63, 3.8) is 0 Å². The van der Waals surface area contributed by atoms with Crippen LogP contribution in [0.3, 0.4) is 0 Å². The normalized spacial score (nSPS) is 23.9. The van der Waals surface area contributed by atoms with Crippen molar-refractivity contribution in [2.45, 2.75) is 17.1 Å². The SMILES string of the molecule is CC(=O)N1CCOI(C(C)S)C1.